The number of rotatable bonds is 8. The summed E-state index contributed by atoms with van der Waals surface area (Å²) in [5, 5.41) is 7.25. The van der Waals surface area contributed by atoms with Gasteiger partial charge in [0.05, 0.1) is 29.4 Å². The van der Waals surface area contributed by atoms with Gasteiger partial charge in [-0.25, -0.2) is 9.78 Å². The monoisotopic (exact) mass is 637 g/mol. The Balaban J connectivity index is 1.06. The SMILES string of the molecule is COC(=O)c1cc2ccc(/C=C/C34CCC(OCc5c(-c6c(Cl)cncc6Cl)noc5C5CC5)(CC3)CC4)cc2c(Cl)n1. The van der Waals surface area contributed by atoms with Gasteiger partial charge in [-0.3, -0.25) is 4.98 Å². The Labute approximate surface area is 264 Å². The van der Waals surface area contributed by atoms with Crippen LogP contribution in [0.1, 0.15) is 84.7 Å². The van der Waals surface area contributed by atoms with Gasteiger partial charge in [0.25, 0.3) is 0 Å². The van der Waals surface area contributed by atoms with Crippen molar-refractivity contribution in [2.45, 2.75) is 69.5 Å². The largest absolute Gasteiger partial charge is 0.464 e. The number of allylic oxidation sites excluding steroid dienone is 1. The molecule has 8 rings (SSSR count). The van der Waals surface area contributed by atoms with Gasteiger partial charge in [-0.05, 0) is 79.9 Å². The molecule has 3 aromatic heterocycles. The number of carbonyl (C=O) groups excluding carboxylic acids is 1. The Morgan fingerprint density at radius 3 is 2.44 bits per heavy atom. The third kappa shape index (κ3) is 5.46. The lowest BCUT2D eigenvalue weighted by atomic mass is 9.58. The Hall–Kier alpha value is -2.97. The fourth-order valence-electron chi connectivity index (χ4n) is 6.64. The summed E-state index contributed by atoms with van der Waals surface area (Å²) < 4.78 is 17.4. The molecule has 10 heteroatoms. The molecule has 222 valence electrons. The van der Waals surface area contributed by atoms with E-state index in [1.165, 1.54) is 7.11 Å². The van der Waals surface area contributed by atoms with Crippen LogP contribution in [0.5, 0.6) is 0 Å². The lowest BCUT2D eigenvalue weighted by Gasteiger charge is -2.52. The molecule has 4 saturated carbocycles. The van der Waals surface area contributed by atoms with Gasteiger partial charge in [-0.2, -0.15) is 0 Å². The second kappa shape index (κ2) is 11.2. The number of esters is 1. The van der Waals surface area contributed by atoms with E-state index in [1.54, 1.807) is 18.5 Å². The number of hydrogen-bond donors (Lipinski definition) is 0. The van der Waals surface area contributed by atoms with Crippen molar-refractivity contribution in [3.05, 3.63) is 80.5 Å². The van der Waals surface area contributed by atoms with E-state index in [4.69, 9.17) is 48.8 Å². The topological polar surface area (TPSA) is 87.3 Å². The van der Waals surface area contributed by atoms with E-state index in [-0.39, 0.29) is 21.9 Å². The first kappa shape index (κ1) is 28.8. The van der Waals surface area contributed by atoms with E-state index in [0.29, 0.717) is 33.8 Å². The first-order valence-electron chi connectivity index (χ1n) is 14.6. The maximum Gasteiger partial charge on any atom is 0.356 e. The summed E-state index contributed by atoms with van der Waals surface area (Å²) in [4.78, 5) is 20.2. The standard InChI is InChI=1S/C33H30Cl3N3O4/c1-41-31(40)26-15-21-3-2-19(14-22(21)30(36)38-26)6-7-32-8-11-33(12-9-32,13-10-32)42-18-23-28(39-43-29(23)20-4-5-20)27-24(34)16-37-17-25(27)35/h2-3,6-7,14-17,20H,4-5,8-13,18H2,1H3/b7-6+. The second-order valence-electron chi connectivity index (χ2n) is 12.1. The van der Waals surface area contributed by atoms with Crippen LogP contribution in [0.15, 0.2) is 47.3 Å². The molecule has 0 spiro atoms. The van der Waals surface area contributed by atoms with Gasteiger partial charge >= 0.3 is 5.97 Å². The van der Waals surface area contributed by atoms with Gasteiger partial charge < -0.3 is 14.0 Å². The van der Waals surface area contributed by atoms with Crippen LogP contribution in [0.2, 0.25) is 15.2 Å². The zero-order chi connectivity index (χ0) is 29.8. The highest BCUT2D eigenvalue weighted by Gasteiger charge is 2.48. The average molecular weight is 639 g/mol. The van der Waals surface area contributed by atoms with Gasteiger partial charge in [-0.15, -0.1) is 0 Å². The molecule has 4 aromatic rings. The van der Waals surface area contributed by atoms with Crippen LogP contribution in [-0.4, -0.2) is 33.8 Å². The first-order chi connectivity index (χ1) is 20.8. The van der Waals surface area contributed by atoms with Crippen molar-refractivity contribution in [3.8, 4) is 11.3 Å². The van der Waals surface area contributed by atoms with Crippen molar-refractivity contribution < 1.29 is 18.8 Å². The van der Waals surface area contributed by atoms with Gasteiger partial charge in [-0.1, -0.05) is 64.2 Å². The lowest BCUT2D eigenvalue weighted by molar-refractivity contribution is -0.133. The van der Waals surface area contributed by atoms with Crippen LogP contribution < -0.4 is 0 Å². The van der Waals surface area contributed by atoms with E-state index >= 15 is 0 Å². The molecule has 0 radical (unpaired) electrons. The maximum absolute atomic E-state index is 11.9. The minimum absolute atomic E-state index is 0.149. The number of halogens is 3. The van der Waals surface area contributed by atoms with Crippen molar-refractivity contribution in [1.82, 2.24) is 15.1 Å². The second-order valence-corrected chi connectivity index (χ2v) is 13.2. The normalized spacial score (nSPS) is 23.3. The van der Waals surface area contributed by atoms with E-state index in [0.717, 1.165) is 79.0 Å². The van der Waals surface area contributed by atoms with E-state index < -0.39 is 5.97 Å². The molecule has 0 amide bonds. The zero-order valence-corrected chi connectivity index (χ0v) is 25.9. The van der Waals surface area contributed by atoms with Crippen molar-refractivity contribution in [1.29, 1.82) is 0 Å². The van der Waals surface area contributed by atoms with Crippen molar-refractivity contribution in [2.75, 3.05) is 7.11 Å². The summed E-state index contributed by atoms with van der Waals surface area (Å²) >= 11 is 19.4. The number of nitrogens with zero attached hydrogens (tertiary/aromatic N) is 3. The molecule has 0 aliphatic heterocycles. The van der Waals surface area contributed by atoms with Crippen LogP contribution in [0, 0.1) is 5.41 Å². The highest BCUT2D eigenvalue weighted by atomic mass is 35.5. The Morgan fingerprint density at radius 1 is 1.05 bits per heavy atom. The van der Waals surface area contributed by atoms with Gasteiger partial charge in [0, 0.05) is 34.8 Å². The number of methoxy groups -OCH3 is 1. The summed E-state index contributed by atoms with van der Waals surface area (Å²) in [5.74, 6) is 0.767. The minimum Gasteiger partial charge on any atom is -0.464 e. The lowest BCUT2D eigenvalue weighted by Crippen LogP contribution is -2.46. The van der Waals surface area contributed by atoms with Crippen LogP contribution >= 0.6 is 34.8 Å². The molecule has 4 aliphatic carbocycles. The molecule has 2 bridgehead atoms. The van der Waals surface area contributed by atoms with E-state index in [2.05, 4.69) is 27.3 Å². The van der Waals surface area contributed by atoms with Gasteiger partial charge in [0.1, 0.15) is 16.6 Å². The van der Waals surface area contributed by atoms with Gasteiger partial charge in [0.15, 0.2) is 5.69 Å². The first-order valence-corrected chi connectivity index (χ1v) is 15.7. The predicted molar refractivity (Wildman–Crippen MR) is 167 cm³/mol. The van der Waals surface area contributed by atoms with Crippen LogP contribution in [0.4, 0.5) is 0 Å². The summed E-state index contributed by atoms with van der Waals surface area (Å²) in [6.45, 7) is 0.423. The molecule has 0 saturated heterocycles. The van der Waals surface area contributed by atoms with Gasteiger partial charge in [0.2, 0.25) is 0 Å². The number of hydrogen-bond acceptors (Lipinski definition) is 7. The Morgan fingerprint density at radius 2 is 1.77 bits per heavy atom. The van der Waals surface area contributed by atoms with Crippen LogP contribution in [0.25, 0.3) is 28.1 Å². The molecule has 3 heterocycles. The van der Waals surface area contributed by atoms with Crippen molar-refractivity contribution >= 4 is 57.6 Å². The fraction of sp³-hybridized carbons (Fsp3) is 0.394. The minimum atomic E-state index is -0.505. The van der Waals surface area contributed by atoms with Crippen molar-refractivity contribution in [3.63, 3.8) is 0 Å². The molecule has 0 unspecified atom stereocenters. The van der Waals surface area contributed by atoms with Crippen molar-refractivity contribution in [2.24, 2.45) is 5.41 Å². The summed E-state index contributed by atoms with van der Waals surface area (Å²) in [6, 6.07) is 7.74. The third-order valence-electron chi connectivity index (χ3n) is 9.45. The molecule has 1 aromatic carbocycles. The number of aromatic nitrogens is 3. The summed E-state index contributed by atoms with van der Waals surface area (Å²) in [7, 11) is 1.33. The third-order valence-corrected chi connectivity index (χ3v) is 10.3. The van der Waals surface area contributed by atoms with E-state index in [9.17, 15) is 4.79 Å². The highest BCUT2D eigenvalue weighted by molar-refractivity contribution is 6.39. The fourth-order valence-corrected chi connectivity index (χ4v) is 7.44. The van der Waals surface area contributed by atoms with E-state index in [1.807, 2.05) is 18.2 Å². The average Bonchev–Trinajstić information content (AvgIpc) is 3.79. The molecule has 4 aliphatic rings. The Kier molecular flexibility index (Phi) is 7.49. The number of ether oxygens (including phenoxy) is 2. The smallest absolute Gasteiger partial charge is 0.356 e. The molecule has 7 nitrogen and oxygen atoms in total. The number of fused-ring (bicyclic) bond motifs is 4. The molecule has 4 fully saturated rings. The number of benzene rings is 1. The highest BCUT2D eigenvalue weighted by Crippen LogP contribution is 2.55. The quantitative estimate of drug-likeness (QED) is 0.140. The van der Waals surface area contributed by atoms with Crippen LogP contribution in [0.3, 0.4) is 0 Å². The number of pyridine rings is 2. The Bertz CT molecular complexity index is 1720. The molecule has 0 atom stereocenters. The van der Waals surface area contributed by atoms with Crippen LogP contribution in [-0.2, 0) is 16.1 Å². The molecule has 43 heavy (non-hydrogen) atoms. The number of carbonyl (C=O) groups is 1. The summed E-state index contributed by atoms with van der Waals surface area (Å²) in [6.07, 6.45) is 16.1. The zero-order valence-electron chi connectivity index (χ0n) is 23.7. The molecular formula is C33H30Cl3N3O4. The summed E-state index contributed by atoms with van der Waals surface area (Å²) in [5.41, 5.74) is 3.51. The predicted octanol–water partition coefficient (Wildman–Crippen LogP) is 9.23. The maximum atomic E-state index is 11.9. The molecular weight excluding hydrogens is 609 g/mol. The molecule has 0 N–H and O–H groups in total.